The van der Waals surface area contributed by atoms with Crippen molar-refractivity contribution in [2.24, 2.45) is 0 Å². The van der Waals surface area contributed by atoms with Crippen LogP contribution in [0.4, 0.5) is 4.79 Å². The van der Waals surface area contributed by atoms with Gasteiger partial charge in [-0.05, 0) is 6.08 Å². The fraction of sp³-hybridized carbons (Fsp3) is 0. The first-order valence-electron chi connectivity index (χ1n) is 3.36. The number of aromatic nitrogens is 2. The van der Waals surface area contributed by atoms with Gasteiger partial charge in [0.2, 0.25) is 5.88 Å². The number of nitrogens with zero attached hydrogens (tertiary/aromatic N) is 1. The number of aromatic amines is 1. The van der Waals surface area contributed by atoms with Crippen molar-refractivity contribution in [3.05, 3.63) is 25.2 Å². The third-order valence-corrected chi connectivity index (χ3v) is 1.09. The van der Waals surface area contributed by atoms with Crippen LogP contribution in [0.2, 0.25) is 0 Å². The Kier molecular flexibility index (Phi) is 2.80. The van der Waals surface area contributed by atoms with Gasteiger partial charge in [-0.25, -0.2) is 9.78 Å². The summed E-state index contributed by atoms with van der Waals surface area (Å²) in [4.78, 5) is 27.6. The summed E-state index contributed by atoms with van der Waals surface area (Å²) in [7, 11) is 0. The van der Waals surface area contributed by atoms with E-state index in [1.807, 2.05) is 5.32 Å². The summed E-state index contributed by atoms with van der Waals surface area (Å²) in [5.74, 6) is -0.459. The molecule has 0 aliphatic rings. The molecule has 68 valence electrons. The Bertz CT molecular complexity index is 318. The second-order valence-corrected chi connectivity index (χ2v) is 2.00. The molecule has 2 N–H and O–H groups in total. The van der Waals surface area contributed by atoms with E-state index in [-0.39, 0.29) is 5.88 Å². The van der Waals surface area contributed by atoms with E-state index in [0.717, 1.165) is 6.08 Å². The smallest absolute Gasteiger partial charge is 0.391 e. The van der Waals surface area contributed by atoms with Crippen molar-refractivity contribution in [3.63, 3.8) is 0 Å². The molecule has 0 aromatic carbocycles. The molecule has 0 fully saturated rings. The van der Waals surface area contributed by atoms with Gasteiger partial charge in [0.15, 0.2) is 0 Å². The average molecular weight is 181 g/mol. The Morgan fingerprint density at radius 3 is 3.00 bits per heavy atom. The zero-order chi connectivity index (χ0) is 9.68. The van der Waals surface area contributed by atoms with E-state index < -0.39 is 12.0 Å². The van der Waals surface area contributed by atoms with Crippen LogP contribution in [0, 0.1) is 0 Å². The van der Waals surface area contributed by atoms with Gasteiger partial charge in [-0.3, -0.25) is 10.1 Å². The maximum atomic E-state index is 10.8. The lowest BCUT2D eigenvalue weighted by molar-refractivity contribution is -0.115. The number of carbonyl (C=O) groups excluding carboxylic acids is 2. The second-order valence-electron chi connectivity index (χ2n) is 2.00. The number of rotatable bonds is 2. The highest BCUT2D eigenvalue weighted by Gasteiger charge is 2.06. The Balaban J connectivity index is 2.42. The van der Waals surface area contributed by atoms with E-state index in [0.29, 0.717) is 0 Å². The van der Waals surface area contributed by atoms with Crippen molar-refractivity contribution < 1.29 is 14.3 Å². The lowest BCUT2D eigenvalue weighted by atomic mass is 10.6. The molecule has 0 atom stereocenters. The lowest BCUT2D eigenvalue weighted by Gasteiger charge is -1.99. The molecule has 1 aromatic heterocycles. The number of amides is 2. The van der Waals surface area contributed by atoms with Gasteiger partial charge in [-0.15, -0.1) is 0 Å². The van der Waals surface area contributed by atoms with E-state index in [1.165, 1.54) is 12.5 Å². The first-order valence-corrected chi connectivity index (χ1v) is 3.36. The zero-order valence-corrected chi connectivity index (χ0v) is 6.61. The fourth-order valence-electron chi connectivity index (χ4n) is 0.576. The highest BCUT2D eigenvalue weighted by Crippen LogP contribution is 2.00. The minimum atomic E-state index is -0.880. The molecular weight excluding hydrogens is 174 g/mol. The first kappa shape index (κ1) is 8.98. The van der Waals surface area contributed by atoms with Crippen LogP contribution in [-0.2, 0) is 4.79 Å². The van der Waals surface area contributed by atoms with Gasteiger partial charge in [0.1, 0.15) is 0 Å². The lowest BCUT2D eigenvalue weighted by Crippen LogP contribution is -2.31. The van der Waals surface area contributed by atoms with Crippen LogP contribution < -0.4 is 10.1 Å². The predicted molar refractivity (Wildman–Crippen MR) is 43.0 cm³/mol. The third-order valence-electron chi connectivity index (χ3n) is 1.09. The number of ether oxygens (including phenoxy) is 1. The molecule has 1 rings (SSSR count). The fourth-order valence-corrected chi connectivity index (χ4v) is 0.576. The molecule has 1 aromatic rings. The van der Waals surface area contributed by atoms with Crippen molar-refractivity contribution >= 4 is 12.0 Å². The molecule has 13 heavy (non-hydrogen) atoms. The molecule has 0 unspecified atom stereocenters. The van der Waals surface area contributed by atoms with Crippen LogP contribution in [0.25, 0.3) is 0 Å². The number of imidazole rings is 1. The van der Waals surface area contributed by atoms with Gasteiger partial charge in [-0.1, -0.05) is 6.58 Å². The normalized spacial score (nSPS) is 8.92. The predicted octanol–water partition coefficient (Wildman–Crippen LogP) is 0.211. The maximum absolute atomic E-state index is 10.8. The molecule has 0 radical (unpaired) electrons. The molecule has 0 saturated carbocycles. The Labute approximate surface area is 73.6 Å². The third kappa shape index (κ3) is 2.78. The van der Waals surface area contributed by atoms with Crippen molar-refractivity contribution in [2.75, 3.05) is 0 Å². The van der Waals surface area contributed by atoms with Gasteiger partial charge in [0.05, 0.1) is 12.5 Å². The molecule has 0 aliphatic carbocycles. The summed E-state index contributed by atoms with van der Waals surface area (Å²) in [6.45, 7) is 3.17. The van der Waals surface area contributed by atoms with Gasteiger partial charge in [0.25, 0.3) is 5.91 Å². The number of imide groups is 1. The SMILES string of the molecule is C=CC(=O)NC(=O)Oc1cnc[nH]1. The summed E-state index contributed by atoms with van der Waals surface area (Å²) < 4.78 is 4.59. The zero-order valence-electron chi connectivity index (χ0n) is 6.61. The quantitative estimate of drug-likeness (QED) is 0.639. The highest BCUT2D eigenvalue weighted by molar-refractivity contribution is 5.98. The van der Waals surface area contributed by atoms with Crippen molar-refractivity contribution in [3.8, 4) is 5.88 Å². The molecule has 0 spiro atoms. The largest absolute Gasteiger partial charge is 0.420 e. The van der Waals surface area contributed by atoms with E-state index in [2.05, 4.69) is 21.3 Å². The number of hydrogen-bond donors (Lipinski definition) is 2. The molecule has 2 amide bonds. The molecule has 6 nitrogen and oxygen atoms in total. The van der Waals surface area contributed by atoms with Gasteiger partial charge < -0.3 is 9.72 Å². The summed E-state index contributed by atoms with van der Waals surface area (Å²) in [6, 6.07) is 0. The Morgan fingerprint density at radius 2 is 2.46 bits per heavy atom. The number of nitrogens with one attached hydrogen (secondary N) is 2. The minimum Gasteiger partial charge on any atom is -0.391 e. The highest BCUT2D eigenvalue weighted by atomic mass is 16.6. The van der Waals surface area contributed by atoms with E-state index in [9.17, 15) is 9.59 Å². The topological polar surface area (TPSA) is 84.1 Å². The molecule has 6 heteroatoms. The molecule has 1 heterocycles. The average Bonchev–Trinajstić information content (AvgIpc) is 2.56. The van der Waals surface area contributed by atoms with Crippen LogP contribution >= 0.6 is 0 Å². The monoisotopic (exact) mass is 181 g/mol. The summed E-state index contributed by atoms with van der Waals surface area (Å²) >= 11 is 0. The van der Waals surface area contributed by atoms with Crippen LogP contribution in [0.1, 0.15) is 0 Å². The summed E-state index contributed by atoms with van der Waals surface area (Å²) in [6.07, 6.45) is 2.73. The standard InChI is InChI=1S/C7H7N3O3/c1-2-5(11)10-7(12)13-6-3-8-4-9-6/h2-4H,1H2,(H,8,9)(H,10,11,12). The van der Waals surface area contributed by atoms with Crippen molar-refractivity contribution in [2.45, 2.75) is 0 Å². The number of H-pyrrole nitrogens is 1. The number of hydrogen-bond acceptors (Lipinski definition) is 4. The Morgan fingerprint density at radius 1 is 1.69 bits per heavy atom. The summed E-state index contributed by atoms with van der Waals surface area (Å²) in [5, 5.41) is 1.90. The number of carbonyl (C=O) groups is 2. The van der Waals surface area contributed by atoms with Crippen molar-refractivity contribution in [1.82, 2.24) is 15.3 Å². The van der Waals surface area contributed by atoms with Gasteiger partial charge >= 0.3 is 6.09 Å². The van der Waals surface area contributed by atoms with Crippen LogP contribution in [0.3, 0.4) is 0 Å². The van der Waals surface area contributed by atoms with E-state index >= 15 is 0 Å². The maximum Gasteiger partial charge on any atom is 0.420 e. The van der Waals surface area contributed by atoms with Crippen LogP contribution in [0.5, 0.6) is 5.88 Å². The molecule has 0 aliphatic heterocycles. The van der Waals surface area contributed by atoms with E-state index in [1.54, 1.807) is 0 Å². The molecule has 0 saturated heterocycles. The van der Waals surface area contributed by atoms with Crippen molar-refractivity contribution in [1.29, 1.82) is 0 Å². The molecule has 0 bridgehead atoms. The van der Waals surface area contributed by atoms with E-state index in [4.69, 9.17) is 0 Å². The van der Waals surface area contributed by atoms with Crippen LogP contribution in [0.15, 0.2) is 25.2 Å². The Hall–Kier alpha value is -2.11. The molecular formula is C7H7N3O3. The first-order chi connectivity index (χ1) is 6.22. The summed E-state index contributed by atoms with van der Waals surface area (Å²) in [5.41, 5.74) is 0. The second kappa shape index (κ2) is 4.05. The van der Waals surface area contributed by atoms with Gasteiger partial charge in [-0.2, -0.15) is 0 Å². The minimum absolute atomic E-state index is 0.161. The van der Waals surface area contributed by atoms with Crippen LogP contribution in [-0.4, -0.2) is 22.0 Å². The van der Waals surface area contributed by atoms with Gasteiger partial charge in [0, 0.05) is 0 Å².